The van der Waals surface area contributed by atoms with Gasteiger partial charge in [-0.2, -0.15) is 0 Å². The number of ether oxygens (including phenoxy) is 3. The van der Waals surface area contributed by atoms with Crippen molar-refractivity contribution in [3.05, 3.63) is 64.8 Å². The highest BCUT2D eigenvalue weighted by molar-refractivity contribution is 5.88. The van der Waals surface area contributed by atoms with Gasteiger partial charge in [0.1, 0.15) is 11.9 Å². The normalized spacial score (nSPS) is 21.8. The van der Waals surface area contributed by atoms with Crippen molar-refractivity contribution >= 4 is 16.9 Å². The summed E-state index contributed by atoms with van der Waals surface area (Å²) in [7, 11) is 1.72. The van der Waals surface area contributed by atoms with Gasteiger partial charge in [-0.3, -0.25) is 4.90 Å². The van der Waals surface area contributed by atoms with E-state index in [0.29, 0.717) is 18.8 Å². The number of hydrogen-bond donors (Lipinski definition) is 2. The van der Waals surface area contributed by atoms with Gasteiger partial charge >= 0.3 is 5.97 Å². The Morgan fingerprint density at radius 2 is 2.00 bits per heavy atom. The van der Waals surface area contributed by atoms with E-state index < -0.39 is 5.97 Å². The third kappa shape index (κ3) is 4.36. The van der Waals surface area contributed by atoms with Crippen molar-refractivity contribution in [3.63, 3.8) is 0 Å². The predicted molar refractivity (Wildman–Crippen MR) is 125 cm³/mol. The molecule has 174 valence electrons. The summed E-state index contributed by atoms with van der Waals surface area (Å²) in [4.78, 5) is 17.2. The molecule has 3 heterocycles. The third-order valence-corrected chi connectivity index (χ3v) is 6.89. The van der Waals surface area contributed by atoms with E-state index in [1.165, 1.54) is 10.9 Å². The second-order valence-electron chi connectivity index (χ2n) is 9.00. The number of rotatable bonds is 7. The molecule has 2 N–H and O–H groups in total. The smallest absolute Gasteiger partial charge is 0.335 e. The maximum Gasteiger partial charge on any atom is 0.335 e. The lowest BCUT2D eigenvalue weighted by Crippen LogP contribution is -2.44. The number of aromatic nitrogens is 1. The molecule has 1 aromatic heterocycles. The summed E-state index contributed by atoms with van der Waals surface area (Å²) >= 11 is 0. The maximum atomic E-state index is 11.3. The molecule has 2 saturated heterocycles. The second-order valence-corrected chi connectivity index (χ2v) is 9.00. The van der Waals surface area contributed by atoms with E-state index in [9.17, 15) is 9.90 Å². The number of methoxy groups -OCH3 is 1. The van der Waals surface area contributed by atoms with Gasteiger partial charge in [-0.1, -0.05) is 12.1 Å². The Hall–Kier alpha value is -2.87. The summed E-state index contributed by atoms with van der Waals surface area (Å²) in [5.74, 6) is -0.0166. The highest BCUT2D eigenvalue weighted by Crippen LogP contribution is 2.38. The SMILES string of the molecule is COc1cc(C)c2[nH]ccc2c1CN1CC[C@H](OC2COC2)C[C@H]1c1ccc(C(=O)O)cc1. The fraction of sp³-hybridized carbons (Fsp3) is 0.423. The second kappa shape index (κ2) is 9.17. The van der Waals surface area contributed by atoms with Gasteiger partial charge in [0.2, 0.25) is 0 Å². The first-order valence-corrected chi connectivity index (χ1v) is 11.5. The van der Waals surface area contributed by atoms with Crippen LogP contribution in [0.15, 0.2) is 42.6 Å². The highest BCUT2D eigenvalue weighted by atomic mass is 16.6. The number of hydrogen-bond acceptors (Lipinski definition) is 5. The lowest BCUT2D eigenvalue weighted by Gasteiger charge is -2.42. The molecule has 0 radical (unpaired) electrons. The number of carboxylic acid groups (broad SMARTS) is 1. The maximum absolute atomic E-state index is 11.3. The van der Waals surface area contributed by atoms with Crippen molar-refractivity contribution in [2.75, 3.05) is 26.9 Å². The molecule has 0 aliphatic carbocycles. The average molecular weight is 451 g/mol. The molecule has 2 fully saturated rings. The Morgan fingerprint density at radius 3 is 2.67 bits per heavy atom. The number of piperidine rings is 1. The summed E-state index contributed by atoms with van der Waals surface area (Å²) in [5.41, 5.74) is 4.87. The number of H-pyrrole nitrogens is 1. The Balaban J connectivity index is 1.46. The largest absolute Gasteiger partial charge is 0.496 e. The fourth-order valence-corrected chi connectivity index (χ4v) is 5.04. The van der Waals surface area contributed by atoms with Crippen LogP contribution in [-0.4, -0.2) is 60.0 Å². The van der Waals surface area contributed by atoms with Crippen LogP contribution < -0.4 is 4.74 Å². The first kappa shape index (κ1) is 21.9. The van der Waals surface area contributed by atoms with Gasteiger partial charge in [0.05, 0.1) is 32.0 Å². The predicted octanol–water partition coefficient (Wildman–Crippen LogP) is 4.30. The van der Waals surface area contributed by atoms with Gasteiger partial charge in [0.25, 0.3) is 0 Å². The Labute approximate surface area is 193 Å². The molecule has 7 nitrogen and oxygen atoms in total. The molecule has 2 aliphatic rings. The van der Waals surface area contributed by atoms with E-state index in [-0.39, 0.29) is 18.2 Å². The molecular formula is C26H30N2O5. The van der Waals surface area contributed by atoms with E-state index in [2.05, 4.69) is 28.9 Å². The number of carbonyl (C=O) groups is 1. The van der Waals surface area contributed by atoms with Gasteiger partial charge in [0.15, 0.2) is 0 Å². The van der Waals surface area contributed by atoms with Crippen molar-refractivity contribution in [1.82, 2.24) is 9.88 Å². The first-order valence-electron chi connectivity index (χ1n) is 11.5. The topological polar surface area (TPSA) is 84.0 Å². The molecule has 0 spiro atoms. The van der Waals surface area contributed by atoms with E-state index in [0.717, 1.165) is 48.3 Å². The standard InChI is InChI=1S/C26H30N2O5/c1-16-11-24(31-2)22(21-7-9-27-25(16)21)13-28-10-8-19(33-20-14-32-15-20)12-23(28)17-3-5-18(6-4-17)26(29)30/h3-7,9,11,19-20,23,27H,8,10,12-15H2,1-2H3,(H,29,30)/t19-,23-/m0/s1. The number of likely N-dealkylation sites (tertiary alicyclic amines) is 1. The quantitative estimate of drug-likeness (QED) is 0.558. The molecule has 2 aromatic carbocycles. The lowest BCUT2D eigenvalue weighted by atomic mass is 9.91. The first-order chi connectivity index (χ1) is 16.0. The Morgan fingerprint density at radius 1 is 1.21 bits per heavy atom. The van der Waals surface area contributed by atoms with Crippen LogP contribution in [0.5, 0.6) is 5.75 Å². The Kier molecular flexibility index (Phi) is 6.10. The molecule has 0 saturated carbocycles. The fourth-order valence-electron chi connectivity index (χ4n) is 5.04. The molecule has 0 bridgehead atoms. The summed E-state index contributed by atoms with van der Waals surface area (Å²) in [5, 5.41) is 10.5. The molecule has 0 unspecified atom stereocenters. The number of aromatic carboxylic acids is 1. The molecule has 5 rings (SSSR count). The minimum atomic E-state index is -0.910. The van der Waals surface area contributed by atoms with E-state index >= 15 is 0 Å². The monoisotopic (exact) mass is 450 g/mol. The lowest BCUT2D eigenvalue weighted by molar-refractivity contribution is -0.167. The van der Waals surface area contributed by atoms with Crippen LogP contribution in [-0.2, 0) is 16.0 Å². The zero-order valence-electron chi connectivity index (χ0n) is 19.0. The van der Waals surface area contributed by atoms with E-state index in [1.807, 2.05) is 18.3 Å². The van der Waals surface area contributed by atoms with Crippen LogP contribution in [0.3, 0.4) is 0 Å². The highest BCUT2D eigenvalue weighted by Gasteiger charge is 2.34. The third-order valence-electron chi connectivity index (χ3n) is 6.89. The van der Waals surface area contributed by atoms with Gasteiger partial charge in [0, 0.05) is 41.8 Å². The molecule has 2 aliphatic heterocycles. The van der Waals surface area contributed by atoms with Crippen LogP contribution in [0.1, 0.15) is 45.9 Å². The summed E-state index contributed by atoms with van der Waals surface area (Å²) in [6.45, 7) is 5.05. The molecule has 3 aromatic rings. The van der Waals surface area contributed by atoms with Crippen LogP contribution >= 0.6 is 0 Å². The number of benzene rings is 2. The van der Waals surface area contributed by atoms with Crippen molar-refractivity contribution in [3.8, 4) is 5.75 Å². The number of nitrogens with one attached hydrogen (secondary N) is 1. The number of fused-ring (bicyclic) bond motifs is 1. The zero-order chi connectivity index (χ0) is 22.9. The molecule has 7 heteroatoms. The van der Waals surface area contributed by atoms with Crippen molar-refractivity contribution < 1.29 is 24.1 Å². The van der Waals surface area contributed by atoms with Crippen LogP contribution in [0.25, 0.3) is 10.9 Å². The van der Waals surface area contributed by atoms with Crippen LogP contribution in [0, 0.1) is 6.92 Å². The summed E-state index contributed by atoms with van der Waals surface area (Å²) in [6.07, 6.45) is 4.13. The van der Waals surface area contributed by atoms with Gasteiger partial charge < -0.3 is 24.3 Å². The van der Waals surface area contributed by atoms with Crippen molar-refractivity contribution in [2.24, 2.45) is 0 Å². The zero-order valence-corrected chi connectivity index (χ0v) is 19.0. The van der Waals surface area contributed by atoms with Gasteiger partial charge in [-0.05, 0) is 55.2 Å². The summed E-state index contributed by atoms with van der Waals surface area (Å²) in [6, 6.07) is 11.6. The van der Waals surface area contributed by atoms with Crippen molar-refractivity contribution in [2.45, 2.75) is 44.6 Å². The number of nitrogens with zero attached hydrogens (tertiary/aromatic N) is 1. The van der Waals surface area contributed by atoms with Crippen molar-refractivity contribution in [1.29, 1.82) is 0 Å². The van der Waals surface area contributed by atoms with Gasteiger partial charge in [-0.25, -0.2) is 4.79 Å². The summed E-state index contributed by atoms with van der Waals surface area (Å²) < 4.78 is 17.3. The number of carboxylic acids is 1. The molecular weight excluding hydrogens is 420 g/mol. The van der Waals surface area contributed by atoms with Crippen LogP contribution in [0.4, 0.5) is 0 Å². The molecule has 33 heavy (non-hydrogen) atoms. The minimum Gasteiger partial charge on any atom is -0.496 e. The van der Waals surface area contributed by atoms with Crippen LogP contribution in [0.2, 0.25) is 0 Å². The molecule has 0 amide bonds. The van der Waals surface area contributed by atoms with E-state index in [4.69, 9.17) is 14.2 Å². The minimum absolute atomic E-state index is 0.118. The van der Waals surface area contributed by atoms with Gasteiger partial charge in [-0.15, -0.1) is 0 Å². The number of aryl methyl sites for hydroxylation is 1. The number of aromatic amines is 1. The average Bonchev–Trinajstić information content (AvgIpc) is 3.29. The Bertz CT molecular complexity index is 1140. The molecule has 2 atom stereocenters. The van der Waals surface area contributed by atoms with E-state index in [1.54, 1.807) is 19.2 Å².